The summed E-state index contributed by atoms with van der Waals surface area (Å²) in [4.78, 5) is 16.7. The lowest BCUT2D eigenvalue weighted by atomic mass is 10.1. The van der Waals surface area contributed by atoms with Crippen molar-refractivity contribution in [1.82, 2.24) is 4.98 Å². The highest BCUT2D eigenvalue weighted by atomic mass is 16.1. The molecule has 0 saturated carbocycles. The number of para-hydroxylation sites is 1. The zero-order valence-electron chi connectivity index (χ0n) is 12.7. The van der Waals surface area contributed by atoms with Gasteiger partial charge in [0.15, 0.2) is 0 Å². The average molecular weight is 283 g/mol. The maximum absolute atomic E-state index is 12.4. The van der Waals surface area contributed by atoms with Crippen molar-refractivity contribution in [3.05, 3.63) is 53.2 Å². The van der Waals surface area contributed by atoms with Crippen LogP contribution in [0.5, 0.6) is 0 Å². The highest BCUT2D eigenvalue weighted by molar-refractivity contribution is 6.03. The van der Waals surface area contributed by atoms with Crippen molar-refractivity contribution in [2.24, 2.45) is 0 Å². The van der Waals surface area contributed by atoms with E-state index in [0.29, 0.717) is 11.5 Å². The molecule has 4 nitrogen and oxygen atoms in total. The van der Waals surface area contributed by atoms with Crippen LogP contribution in [0.15, 0.2) is 36.4 Å². The Hall–Kier alpha value is -2.36. The van der Waals surface area contributed by atoms with Gasteiger partial charge in [0, 0.05) is 12.2 Å². The fraction of sp³-hybridized carbons (Fsp3) is 0.294. The maximum Gasteiger partial charge on any atom is 0.274 e. The number of hydrogen-bond donors (Lipinski definition) is 2. The summed E-state index contributed by atoms with van der Waals surface area (Å²) in [6, 6.07) is 11.4. The van der Waals surface area contributed by atoms with Gasteiger partial charge in [-0.3, -0.25) is 4.79 Å². The zero-order chi connectivity index (χ0) is 15.2. The Morgan fingerprint density at radius 2 is 1.90 bits per heavy atom. The Morgan fingerprint density at radius 3 is 2.62 bits per heavy atom. The summed E-state index contributed by atoms with van der Waals surface area (Å²) in [5, 5.41) is 6.10. The normalized spacial score (nSPS) is 10.2. The molecule has 1 aromatic carbocycles. The summed E-state index contributed by atoms with van der Waals surface area (Å²) < 4.78 is 0. The van der Waals surface area contributed by atoms with Gasteiger partial charge in [0.1, 0.15) is 11.5 Å². The van der Waals surface area contributed by atoms with Crippen molar-refractivity contribution in [2.75, 3.05) is 17.2 Å². The summed E-state index contributed by atoms with van der Waals surface area (Å²) in [5.41, 5.74) is 3.50. The fourth-order valence-electron chi connectivity index (χ4n) is 2.22. The number of nitrogens with zero attached hydrogens (tertiary/aromatic N) is 1. The van der Waals surface area contributed by atoms with E-state index in [-0.39, 0.29) is 5.91 Å². The average Bonchev–Trinajstić information content (AvgIpc) is 2.50. The summed E-state index contributed by atoms with van der Waals surface area (Å²) in [6.07, 6.45) is 0.877. The third kappa shape index (κ3) is 3.60. The Morgan fingerprint density at radius 1 is 1.14 bits per heavy atom. The van der Waals surface area contributed by atoms with Gasteiger partial charge < -0.3 is 10.6 Å². The van der Waals surface area contributed by atoms with E-state index in [0.717, 1.165) is 29.8 Å². The molecule has 0 aliphatic carbocycles. The highest BCUT2D eigenvalue weighted by Crippen LogP contribution is 2.21. The van der Waals surface area contributed by atoms with E-state index in [2.05, 4.69) is 22.5 Å². The van der Waals surface area contributed by atoms with Crippen molar-refractivity contribution in [2.45, 2.75) is 27.2 Å². The van der Waals surface area contributed by atoms with Gasteiger partial charge in [-0.1, -0.05) is 31.2 Å². The van der Waals surface area contributed by atoms with Crippen LogP contribution in [0.4, 0.5) is 11.5 Å². The van der Waals surface area contributed by atoms with Gasteiger partial charge in [0.05, 0.1) is 0 Å². The first-order valence-corrected chi connectivity index (χ1v) is 7.26. The molecular weight excluding hydrogens is 262 g/mol. The number of hydrogen-bond acceptors (Lipinski definition) is 3. The predicted octanol–water partition coefficient (Wildman–Crippen LogP) is 3.64. The number of nitrogens with one attached hydrogen (secondary N) is 2. The van der Waals surface area contributed by atoms with Crippen LogP contribution >= 0.6 is 0 Å². The Kier molecular flexibility index (Phi) is 4.93. The van der Waals surface area contributed by atoms with Crippen LogP contribution in [0.1, 0.15) is 35.5 Å². The predicted molar refractivity (Wildman–Crippen MR) is 86.9 cm³/mol. The molecule has 0 aliphatic heterocycles. The van der Waals surface area contributed by atoms with Crippen molar-refractivity contribution < 1.29 is 4.79 Å². The van der Waals surface area contributed by atoms with Crippen molar-refractivity contribution >= 4 is 17.4 Å². The van der Waals surface area contributed by atoms with Crippen molar-refractivity contribution in [3.63, 3.8) is 0 Å². The lowest BCUT2D eigenvalue weighted by Gasteiger charge is -2.13. The van der Waals surface area contributed by atoms with Crippen LogP contribution in [-0.4, -0.2) is 17.4 Å². The lowest BCUT2D eigenvalue weighted by molar-refractivity contribution is 0.102. The minimum absolute atomic E-state index is 0.182. The molecule has 0 aliphatic rings. The van der Waals surface area contributed by atoms with Crippen LogP contribution in [0, 0.1) is 6.92 Å². The second-order valence-corrected chi connectivity index (χ2v) is 4.86. The van der Waals surface area contributed by atoms with Crippen LogP contribution < -0.4 is 10.6 Å². The molecule has 2 aromatic rings. The first kappa shape index (κ1) is 15.0. The molecule has 0 fully saturated rings. The molecule has 110 valence electrons. The quantitative estimate of drug-likeness (QED) is 0.881. The third-order valence-corrected chi connectivity index (χ3v) is 3.32. The second kappa shape index (κ2) is 6.88. The molecule has 21 heavy (non-hydrogen) atoms. The SMILES string of the molecule is CCNc1cccc(C(=O)Nc2c(C)cccc2CC)n1. The minimum atomic E-state index is -0.182. The van der Waals surface area contributed by atoms with E-state index in [1.807, 2.05) is 44.2 Å². The number of rotatable bonds is 5. The minimum Gasteiger partial charge on any atom is -0.370 e. The Labute approximate surface area is 125 Å². The third-order valence-electron chi connectivity index (χ3n) is 3.32. The zero-order valence-corrected chi connectivity index (χ0v) is 12.7. The molecule has 0 radical (unpaired) electrons. The van der Waals surface area contributed by atoms with E-state index in [4.69, 9.17) is 0 Å². The first-order valence-electron chi connectivity index (χ1n) is 7.26. The molecule has 4 heteroatoms. The van der Waals surface area contributed by atoms with E-state index >= 15 is 0 Å². The lowest BCUT2D eigenvalue weighted by Crippen LogP contribution is -2.16. The molecule has 2 rings (SSSR count). The molecule has 0 saturated heterocycles. The summed E-state index contributed by atoms with van der Waals surface area (Å²) >= 11 is 0. The van der Waals surface area contributed by atoms with Crippen molar-refractivity contribution in [1.29, 1.82) is 0 Å². The van der Waals surface area contributed by atoms with Gasteiger partial charge in [-0.25, -0.2) is 4.98 Å². The second-order valence-electron chi connectivity index (χ2n) is 4.86. The molecular formula is C17H21N3O. The number of pyridine rings is 1. The monoisotopic (exact) mass is 283 g/mol. The molecule has 2 N–H and O–H groups in total. The summed E-state index contributed by atoms with van der Waals surface area (Å²) in [7, 11) is 0. The number of carbonyl (C=O) groups is 1. The van der Waals surface area contributed by atoms with Crippen LogP contribution in [0.2, 0.25) is 0 Å². The van der Waals surface area contributed by atoms with Gasteiger partial charge in [-0.2, -0.15) is 0 Å². The van der Waals surface area contributed by atoms with Gasteiger partial charge >= 0.3 is 0 Å². The van der Waals surface area contributed by atoms with Crippen LogP contribution in [0.3, 0.4) is 0 Å². The fourth-order valence-corrected chi connectivity index (χ4v) is 2.22. The van der Waals surface area contributed by atoms with E-state index < -0.39 is 0 Å². The Bertz CT molecular complexity index is 638. The van der Waals surface area contributed by atoms with Gasteiger partial charge in [0.25, 0.3) is 5.91 Å². The smallest absolute Gasteiger partial charge is 0.274 e. The number of amides is 1. The van der Waals surface area contributed by atoms with E-state index in [1.54, 1.807) is 6.07 Å². The largest absolute Gasteiger partial charge is 0.370 e. The maximum atomic E-state index is 12.4. The van der Waals surface area contributed by atoms with Gasteiger partial charge in [-0.05, 0) is 43.5 Å². The van der Waals surface area contributed by atoms with Crippen LogP contribution in [0.25, 0.3) is 0 Å². The first-order chi connectivity index (χ1) is 10.2. The number of aryl methyl sites for hydroxylation is 2. The topological polar surface area (TPSA) is 54.0 Å². The molecule has 0 atom stereocenters. The van der Waals surface area contributed by atoms with Crippen molar-refractivity contribution in [3.8, 4) is 0 Å². The summed E-state index contributed by atoms with van der Waals surface area (Å²) in [6.45, 7) is 6.84. The molecule has 1 amide bonds. The number of anilines is 2. The molecule has 0 unspecified atom stereocenters. The molecule has 0 spiro atoms. The number of benzene rings is 1. The van der Waals surface area contributed by atoms with Gasteiger partial charge in [0.2, 0.25) is 0 Å². The Balaban J connectivity index is 2.24. The standard InChI is InChI=1S/C17H21N3O/c1-4-13-9-6-8-12(3)16(13)20-17(21)14-10-7-11-15(19-14)18-5-2/h6-11H,4-5H2,1-3H3,(H,18,19)(H,20,21). The van der Waals surface area contributed by atoms with E-state index in [9.17, 15) is 4.79 Å². The number of carbonyl (C=O) groups excluding carboxylic acids is 1. The highest BCUT2D eigenvalue weighted by Gasteiger charge is 2.12. The van der Waals surface area contributed by atoms with Crippen LogP contribution in [-0.2, 0) is 6.42 Å². The summed E-state index contributed by atoms with van der Waals surface area (Å²) in [5.74, 6) is 0.532. The molecule has 1 heterocycles. The van der Waals surface area contributed by atoms with Gasteiger partial charge in [-0.15, -0.1) is 0 Å². The number of aromatic nitrogens is 1. The molecule has 0 bridgehead atoms. The molecule has 1 aromatic heterocycles. The van der Waals surface area contributed by atoms with E-state index in [1.165, 1.54) is 0 Å².